The Morgan fingerprint density at radius 3 is 2.52 bits per heavy atom. The molecule has 2 saturated heterocycles. The Morgan fingerprint density at radius 2 is 1.81 bits per heavy atom. The first kappa shape index (κ1) is 13.2. The summed E-state index contributed by atoms with van der Waals surface area (Å²) in [5, 5.41) is 14.2. The summed E-state index contributed by atoms with van der Waals surface area (Å²) in [5.41, 5.74) is 1.14. The standard InChI is InChI=1S/C16H20N4S/c1-20-13-7-8-14(20)10-12(9-13)17-16-19-18-15(21-16)11-5-3-2-4-6-11/h2-6,12-14H,7-10H2,1H3,(H,17,19)/t12?,13-,14+. The summed E-state index contributed by atoms with van der Waals surface area (Å²) < 4.78 is 0. The van der Waals surface area contributed by atoms with Crippen molar-refractivity contribution in [1.82, 2.24) is 15.1 Å². The molecule has 110 valence electrons. The second-order valence-corrected chi connectivity index (χ2v) is 7.12. The van der Waals surface area contributed by atoms with Crippen LogP contribution in [0.4, 0.5) is 5.13 Å². The van der Waals surface area contributed by atoms with Crippen LogP contribution < -0.4 is 5.32 Å². The number of nitrogens with one attached hydrogen (secondary N) is 1. The largest absolute Gasteiger partial charge is 0.357 e. The number of benzene rings is 1. The van der Waals surface area contributed by atoms with Gasteiger partial charge < -0.3 is 10.2 Å². The molecular weight excluding hydrogens is 280 g/mol. The van der Waals surface area contributed by atoms with E-state index in [1.54, 1.807) is 11.3 Å². The summed E-state index contributed by atoms with van der Waals surface area (Å²) in [6.07, 6.45) is 5.16. The van der Waals surface area contributed by atoms with Crippen LogP contribution in [0.3, 0.4) is 0 Å². The molecule has 2 fully saturated rings. The van der Waals surface area contributed by atoms with Crippen molar-refractivity contribution in [3.63, 3.8) is 0 Å². The van der Waals surface area contributed by atoms with Gasteiger partial charge in [-0.25, -0.2) is 0 Å². The van der Waals surface area contributed by atoms with Crippen molar-refractivity contribution in [3.05, 3.63) is 30.3 Å². The summed E-state index contributed by atoms with van der Waals surface area (Å²) in [4.78, 5) is 2.56. The van der Waals surface area contributed by atoms with Crippen molar-refractivity contribution < 1.29 is 0 Å². The highest BCUT2D eigenvalue weighted by molar-refractivity contribution is 7.18. The zero-order valence-corrected chi connectivity index (χ0v) is 13.0. The van der Waals surface area contributed by atoms with Crippen LogP contribution >= 0.6 is 11.3 Å². The van der Waals surface area contributed by atoms with Gasteiger partial charge in [0.25, 0.3) is 0 Å². The molecule has 1 unspecified atom stereocenters. The molecule has 0 spiro atoms. The number of nitrogens with zero attached hydrogens (tertiary/aromatic N) is 3. The zero-order chi connectivity index (χ0) is 14.2. The monoisotopic (exact) mass is 300 g/mol. The lowest BCUT2D eigenvalue weighted by Gasteiger charge is -2.36. The molecule has 0 radical (unpaired) electrons. The van der Waals surface area contributed by atoms with Crippen LogP contribution in [0.5, 0.6) is 0 Å². The first-order valence-corrected chi connectivity index (χ1v) is 8.48. The van der Waals surface area contributed by atoms with E-state index >= 15 is 0 Å². The van der Waals surface area contributed by atoms with Crippen molar-refractivity contribution in [2.75, 3.05) is 12.4 Å². The molecule has 21 heavy (non-hydrogen) atoms. The van der Waals surface area contributed by atoms with E-state index in [0.717, 1.165) is 27.8 Å². The van der Waals surface area contributed by atoms with Gasteiger partial charge in [0.15, 0.2) is 0 Å². The first-order valence-electron chi connectivity index (χ1n) is 7.67. The highest BCUT2D eigenvalue weighted by Crippen LogP contribution is 2.36. The highest BCUT2D eigenvalue weighted by atomic mass is 32.1. The van der Waals surface area contributed by atoms with Gasteiger partial charge in [0, 0.05) is 23.7 Å². The third kappa shape index (κ3) is 2.56. The lowest BCUT2D eigenvalue weighted by molar-refractivity contribution is 0.169. The van der Waals surface area contributed by atoms with Gasteiger partial charge in [-0.05, 0) is 32.7 Å². The predicted molar refractivity (Wildman–Crippen MR) is 86.6 cm³/mol. The zero-order valence-electron chi connectivity index (χ0n) is 12.2. The summed E-state index contributed by atoms with van der Waals surface area (Å²) in [6, 6.07) is 12.3. The molecule has 2 bridgehead atoms. The lowest BCUT2D eigenvalue weighted by Crippen LogP contribution is -2.44. The molecule has 4 rings (SSSR count). The maximum Gasteiger partial charge on any atom is 0.206 e. The maximum absolute atomic E-state index is 4.32. The van der Waals surface area contributed by atoms with Crippen molar-refractivity contribution in [3.8, 4) is 10.6 Å². The van der Waals surface area contributed by atoms with Crippen molar-refractivity contribution in [2.24, 2.45) is 0 Å². The van der Waals surface area contributed by atoms with E-state index in [1.807, 2.05) is 18.2 Å². The van der Waals surface area contributed by atoms with Gasteiger partial charge in [-0.15, -0.1) is 10.2 Å². The number of hydrogen-bond acceptors (Lipinski definition) is 5. The van der Waals surface area contributed by atoms with Crippen molar-refractivity contribution in [2.45, 2.75) is 43.8 Å². The van der Waals surface area contributed by atoms with E-state index in [4.69, 9.17) is 0 Å². The Balaban J connectivity index is 1.45. The Morgan fingerprint density at radius 1 is 1.10 bits per heavy atom. The second-order valence-electron chi connectivity index (χ2n) is 6.14. The predicted octanol–water partition coefficient (Wildman–Crippen LogP) is 3.24. The SMILES string of the molecule is CN1[C@@H]2CC[C@H]1CC(Nc1nnc(-c3ccccc3)s1)C2. The Labute approximate surface area is 129 Å². The van der Waals surface area contributed by atoms with Gasteiger partial charge in [-0.3, -0.25) is 0 Å². The Hall–Kier alpha value is -1.46. The first-order chi connectivity index (χ1) is 10.3. The van der Waals surface area contributed by atoms with Gasteiger partial charge in [0.05, 0.1) is 0 Å². The average molecular weight is 300 g/mol. The minimum absolute atomic E-state index is 0.551. The van der Waals surface area contributed by atoms with Crippen LogP contribution in [0.25, 0.3) is 10.6 Å². The fraction of sp³-hybridized carbons (Fsp3) is 0.500. The van der Waals surface area contributed by atoms with Crippen molar-refractivity contribution in [1.29, 1.82) is 0 Å². The molecule has 2 aliphatic rings. The van der Waals surface area contributed by atoms with Gasteiger partial charge in [-0.1, -0.05) is 41.7 Å². The molecule has 0 saturated carbocycles. The second kappa shape index (κ2) is 5.39. The summed E-state index contributed by atoms with van der Waals surface area (Å²) in [5.74, 6) is 0. The summed E-state index contributed by atoms with van der Waals surface area (Å²) >= 11 is 1.66. The summed E-state index contributed by atoms with van der Waals surface area (Å²) in [7, 11) is 2.27. The maximum atomic E-state index is 4.32. The quantitative estimate of drug-likeness (QED) is 0.945. The van der Waals surface area contributed by atoms with E-state index in [-0.39, 0.29) is 0 Å². The van der Waals surface area contributed by atoms with Crippen LogP contribution in [0.1, 0.15) is 25.7 Å². The molecule has 2 aliphatic heterocycles. The highest BCUT2D eigenvalue weighted by Gasteiger charge is 2.38. The van der Waals surface area contributed by atoms with Crippen LogP contribution in [-0.2, 0) is 0 Å². The third-order valence-corrected chi connectivity index (χ3v) is 5.78. The number of hydrogen-bond donors (Lipinski definition) is 1. The van der Waals surface area contributed by atoms with Gasteiger partial charge in [0.1, 0.15) is 5.01 Å². The topological polar surface area (TPSA) is 41.0 Å². The van der Waals surface area contributed by atoms with Gasteiger partial charge in [0.2, 0.25) is 5.13 Å². The minimum atomic E-state index is 0.551. The molecular formula is C16H20N4S. The fourth-order valence-electron chi connectivity index (χ4n) is 3.68. The van der Waals surface area contributed by atoms with Crippen molar-refractivity contribution >= 4 is 16.5 Å². The molecule has 0 amide bonds. The molecule has 4 nitrogen and oxygen atoms in total. The van der Waals surface area contributed by atoms with Gasteiger partial charge in [-0.2, -0.15) is 0 Å². The van der Waals surface area contributed by atoms with E-state index in [9.17, 15) is 0 Å². The number of fused-ring (bicyclic) bond motifs is 2. The molecule has 5 heteroatoms. The molecule has 3 heterocycles. The molecule has 2 aromatic rings. The van der Waals surface area contributed by atoms with E-state index in [0.29, 0.717) is 6.04 Å². The van der Waals surface area contributed by atoms with E-state index in [2.05, 4.69) is 39.6 Å². The molecule has 0 aliphatic carbocycles. The number of rotatable bonds is 3. The van der Waals surface area contributed by atoms with Gasteiger partial charge >= 0.3 is 0 Å². The van der Waals surface area contributed by atoms with E-state index < -0.39 is 0 Å². The fourth-order valence-corrected chi connectivity index (χ4v) is 4.51. The third-order valence-electron chi connectivity index (χ3n) is 4.87. The molecule has 1 N–H and O–H groups in total. The Kier molecular flexibility index (Phi) is 3.39. The number of anilines is 1. The Bertz CT molecular complexity index is 598. The minimum Gasteiger partial charge on any atom is -0.357 e. The lowest BCUT2D eigenvalue weighted by atomic mass is 9.98. The molecule has 3 atom stereocenters. The number of piperidine rings is 1. The van der Waals surface area contributed by atoms with Crippen LogP contribution in [-0.4, -0.2) is 40.3 Å². The van der Waals surface area contributed by atoms with Crippen LogP contribution in [0.2, 0.25) is 0 Å². The molecule has 1 aromatic carbocycles. The smallest absolute Gasteiger partial charge is 0.206 e. The van der Waals surface area contributed by atoms with E-state index in [1.165, 1.54) is 25.7 Å². The normalized spacial score (nSPS) is 28.7. The van der Waals surface area contributed by atoms with Crippen LogP contribution in [0.15, 0.2) is 30.3 Å². The van der Waals surface area contributed by atoms with Crippen LogP contribution in [0, 0.1) is 0 Å². The number of aromatic nitrogens is 2. The summed E-state index contributed by atoms with van der Waals surface area (Å²) in [6.45, 7) is 0. The average Bonchev–Trinajstić information content (AvgIpc) is 3.03. The molecule has 1 aromatic heterocycles.